The number of fused-ring (bicyclic) bond motifs is 1. The van der Waals surface area contributed by atoms with Crippen LogP contribution in [0.5, 0.6) is 5.75 Å². The van der Waals surface area contributed by atoms with Gasteiger partial charge in [0.2, 0.25) is 0 Å². The van der Waals surface area contributed by atoms with E-state index in [0.717, 1.165) is 6.42 Å². The minimum atomic E-state index is -0.000949. The second-order valence-electron chi connectivity index (χ2n) is 6.41. The van der Waals surface area contributed by atoms with Crippen molar-refractivity contribution in [3.63, 3.8) is 0 Å². The molecule has 2 aromatic carbocycles. The largest absolute Gasteiger partial charge is 0.508 e. The zero-order chi connectivity index (χ0) is 14.4. The summed E-state index contributed by atoms with van der Waals surface area (Å²) in [5.41, 5.74) is 2.67. The summed E-state index contributed by atoms with van der Waals surface area (Å²) in [7, 11) is 0. The van der Waals surface area contributed by atoms with Crippen LogP contribution in [0.15, 0.2) is 53.4 Å². The van der Waals surface area contributed by atoms with E-state index >= 15 is 0 Å². The average Bonchev–Trinajstić information content (AvgIpc) is 2.38. The molecule has 1 aliphatic rings. The van der Waals surface area contributed by atoms with Crippen molar-refractivity contribution in [3.8, 4) is 5.75 Å². The van der Waals surface area contributed by atoms with E-state index in [1.54, 1.807) is 12.1 Å². The minimum Gasteiger partial charge on any atom is -0.508 e. The highest BCUT2D eigenvalue weighted by Crippen LogP contribution is 2.53. The van der Waals surface area contributed by atoms with Crippen LogP contribution in [0, 0.1) is 0 Å². The second-order valence-corrected chi connectivity index (χ2v) is 8.16. The minimum absolute atomic E-state index is 0.000949. The number of benzene rings is 2. The molecule has 1 aliphatic heterocycles. The molecule has 1 heterocycles. The van der Waals surface area contributed by atoms with Crippen molar-refractivity contribution < 1.29 is 5.11 Å². The molecule has 1 unspecified atom stereocenters. The molecule has 2 aromatic rings. The maximum Gasteiger partial charge on any atom is 0.115 e. The van der Waals surface area contributed by atoms with Crippen LogP contribution in [-0.2, 0) is 5.41 Å². The molecule has 0 radical (unpaired) electrons. The Labute approximate surface area is 125 Å². The zero-order valence-electron chi connectivity index (χ0n) is 12.2. The highest BCUT2D eigenvalue weighted by atomic mass is 32.2. The Morgan fingerprint density at radius 3 is 2.30 bits per heavy atom. The van der Waals surface area contributed by atoms with Gasteiger partial charge in [-0.05, 0) is 35.7 Å². The predicted octanol–water partition coefficient (Wildman–Crippen LogP) is 4.97. The van der Waals surface area contributed by atoms with E-state index in [4.69, 9.17) is 0 Å². The number of aromatic hydroxyl groups is 1. The first-order chi connectivity index (χ1) is 9.41. The first-order valence-electron chi connectivity index (χ1n) is 6.99. The van der Waals surface area contributed by atoms with Crippen molar-refractivity contribution in [3.05, 3.63) is 59.7 Å². The van der Waals surface area contributed by atoms with Gasteiger partial charge in [-0.1, -0.05) is 51.1 Å². The molecule has 0 bridgehead atoms. The van der Waals surface area contributed by atoms with Gasteiger partial charge in [-0.25, -0.2) is 0 Å². The third kappa shape index (κ3) is 2.22. The monoisotopic (exact) mass is 284 g/mol. The molecule has 104 valence electrons. The Morgan fingerprint density at radius 2 is 1.60 bits per heavy atom. The van der Waals surface area contributed by atoms with Crippen LogP contribution in [0.1, 0.15) is 38.3 Å². The Hall–Kier alpha value is -1.41. The lowest BCUT2D eigenvalue weighted by atomic mass is 9.70. The van der Waals surface area contributed by atoms with Gasteiger partial charge in [0.1, 0.15) is 5.75 Å². The fraction of sp³-hybridized carbons (Fsp3) is 0.333. The Bertz CT molecular complexity index is 630. The SMILES string of the molecule is CC1(C)CC(C)(c2ccc(O)cc2)c2ccccc2S1. The van der Waals surface area contributed by atoms with E-state index < -0.39 is 0 Å². The van der Waals surface area contributed by atoms with Gasteiger partial charge in [-0.3, -0.25) is 0 Å². The molecule has 0 fully saturated rings. The van der Waals surface area contributed by atoms with E-state index in [1.807, 2.05) is 11.8 Å². The zero-order valence-corrected chi connectivity index (χ0v) is 13.0. The van der Waals surface area contributed by atoms with Crippen molar-refractivity contribution in [2.75, 3.05) is 0 Å². The molecule has 0 saturated heterocycles. The number of phenols is 1. The molecular weight excluding hydrogens is 264 g/mol. The molecule has 0 aromatic heterocycles. The van der Waals surface area contributed by atoms with Crippen LogP contribution < -0.4 is 0 Å². The van der Waals surface area contributed by atoms with Gasteiger partial charge in [0.25, 0.3) is 0 Å². The van der Waals surface area contributed by atoms with Crippen LogP contribution in [0.25, 0.3) is 0 Å². The van der Waals surface area contributed by atoms with E-state index in [2.05, 4.69) is 57.2 Å². The maximum atomic E-state index is 9.53. The molecule has 0 saturated carbocycles. The maximum absolute atomic E-state index is 9.53. The van der Waals surface area contributed by atoms with Gasteiger partial charge in [-0.15, -0.1) is 11.8 Å². The molecule has 0 aliphatic carbocycles. The highest BCUT2D eigenvalue weighted by Gasteiger charge is 2.41. The summed E-state index contributed by atoms with van der Waals surface area (Å²) in [4.78, 5) is 1.37. The van der Waals surface area contributed by atoms with Crippen LogP contribution in [0.2, 0.25) is 0 Å². The average molecular weight is 284 g/mol. The van der Waals surface area contributed by atoms with Crippen molar-refractivity contribution in [2.24, 2.45) is 0 Å². The van der Waals surface area contributed by atoms with Crippen LogP contribution in [0.3, 0.4) is 0 Å². The van der Waals surface area contributed by atoms with Gasteiger partial charge in [0.05, 0.1) is 0 Å². The summed E-state index contributed by atoms with van der Waals surface area (Å²) in [6, 6.07) is 16.4. The van der Waals surface area contributed by atoms with Crippen molar-refractivity contribution in [1.29, 1.82) is 0 Å². The molecule has 3 rings (SSSR count). The van der Waals surface area contributed by atoms with Crippen LogP contribution in [0.4, 0.5) is 0 Å². The predicted molar refractivity (Wildman–Crippen MR) is 85.6 cm³/mol. The lowest BCUT2D eigenvalue weighted by molar-refractivity contribution is 0.436. The summed E-state index contributed by atoms with van der Waals surface area (Å²) < 4.78 is 0.209. The van der Waals surface area contributed by atoms with Crippen LogP contribution in [-0.4, -0.2) is 9.85 Å². The van der Waals surface area contributed by atoms with Crippen molar-refractivity contribution in [1.82, 2.24) is 0 Å². The highest BCUT2D eigenvalue weighted by molar-refractivity contribution is 8.00. The van der Waals surface area contributed by atoms with Gasteiger partial charge < -0.3 is 5.11 Å². The van der Waals surface area contributed by atoms with Gasteiger partial charge in [-0.2, -0.15) is 0 Å². The third-order valence-electron chi connectivity index (χ3n) is 4.15. The van der Waals surface area contributed by atoms with E-state index in [-0.39, 0.29) is 10.2 Å². The number of rotatable bonds is 1. The first kappa shape index (κ1) is 13.6. The number of phenolic OH excluding ortho intramolecular Hbond substituents is 1. The molecule has 1 N–H and O–H groups in total. The summed E-state index contributed by atoms with van der Waals surface area (Å²) in [6.45, 7) is 6.94. The standard InChI is InChI=1S/C18H20OS/c1-17(2)12-18(3,13-8-10-14(19)11-9-13)15-6-4-5-7-16(15)20-17/h4-11,19H,12H2,1-3H3. The summed E-state index contributed by atoms with van der Waals surface area (Å²) >= 11 is 1.96. The normalized spacial score (nSPS) is 24.1. The van der Waals surface area contributed by atoms with Gasteiger partial charge in [0, 0.05) is 15.1 Å². The quantitative estimate of drug-likeness (QED) is 0.797. The Balaban J connectivity index is 2.18. The topological polar surface area (TPSA) is 20.2 Å². The Morgan fingerprint density at radius 1 is 0.950 bits per heavy atom. The lowest BCUT2D eigenvalue weighted by Crippen LogP contribution is -2.36. The smallest absolute Gasteiger partial charge is 0.115 e. The molecule has 0 spiro atoms. The fourth-order valence-electron chi connectivity index (χ4n) is 3.38. The van der Waals surface area contributed by atoms with Crippen molar-refractivity contribution in [2.45, 2.75) is 42.2 Å². The number of hydrogen-bond donors (Lipinski definition) is 1. The van der Waals surface area contributed by atoms with E-state index in [1.165, 1.54) is 16.0 Å². The summed E-state index contributed by atoms with van der Waals surface area (Å²) in [5, 5.41) is 9.53. The summed E-state index contributed by atoms with van der Waals surface area (Å²) in [6.07, 6.45) is 1.09. The van der Waals surface area contributed by atoms with Crippen molar-refractivity contribution >= 4 is 11.8 Å². The Kier molecular flexibility index (Phi) is 3.09. The first-order valence-corrected chi connectivity index (χ1v) is 7.80. The van der Waals surface area contributed by atoms with Gasteiger partial charge >= 0.3 is 0 Å². The summed E-state index contributed by atoms with van der Waals surface area (Å²) in [5.74, 6) is 0.329. The van der Waals surface area contributed by atoms with Crippen LogP contribution >= 0.6 is 11.8 Å². The van der Waals surface area contributed by atoms with E-state index in [0.29, 0.717) is 5.75 Å². The molecule has 1 atom stereocenters. The molecule has 2 heteroatoms. The number of hydrogen-bond acceptors (Lipinski definition) is 2. The molecule has 1 nitrogen and oxygen atoms in total. The lowest BCUT2D eigenvalue weighted by Gasteiger charge is -2.44. The second kappa shape index (κ2) is 4.56. The van der Waals surface area contributed by atoms with Gasteiger partial charge in [0.15, 0.2) is 0 Å². The third-order valence-corrected chi connectivity index (χ3v) is 5.42. The molecular formula is C18H20OS. The van der Waals surface area contributed by atoms with E-state index in [9.17, 15) is 5.11 Å². The molecule has 20 heavy (non-hydrogen) atoms. The number of thioether (sulfide) groups is 1. The molecule has 0 amide bonds. The fourth-order valence-corrected chi connectivity index (χ4v) is 4.88.